The fraction of sp³-hybridized carbons (Fsp3) is 0.800. The fourth-order valence-corrected chi connectivity index (χ4v) is 3.47. The lowest BCUT2D eigenvalue weighted by Crippen LogP contribution is -2.32. The van der Waals surface area contributed by atoms with Crippen LogP contribution in [0.15, 0.2) is 0 Å². The van der Waals surface area contributed by atoms with E-state index in [1.807, 2.05) is 0 Å². The number of rotatable bonds is 4. The molecule has 0 radical (unpaired) electrons. The largest absolute Gasteiger partial charge is 0.748 e. The highest BCUT2D eigenvalue weighted by molar-refractivity contribution is 7.86. The lowest BCUT2D eigenvalue weighted by atomic mass is 9.84. The molecule has 5 nitrogen and oxygen atoms in total. The molecule has 3 atom stereocenters. The predicted octanol–water partition coefficient (Wildman–Crippen LogP) is 0.106. The smallest absolute Gasteiger partial charge is 0.212 e. The minimum Gasteiger partial charge on any atom is -0.748 e. The molecule has 0 heterocycles. The fourth-order valence-electron chi connectivity index (χ4n) is 3.00. The second-order valence-electron chi connectivity index (χ2n) is 4.77. The van der Waals surface area contributed by atoms with Crippen molar-refractivity contribution in [3.63, 3.8) is 0 Å². The van der Waals surface area contributed by atoms with E-state index >= 15 is 0 Å². The standard InChI is InChI=1S/C10H14O5S/c11-9(5-16(13,14)15)10(12)8-4-6-1-2-7(8)3-6/h6-8H,1-5H2,(H,13,14,15)/p-1. The molecular formula is C10H13O5S-. The Hall–Kier alpha value is -0.750. The monoisotopic (exact) mass is 245 g/mol. The number of Topliss-reactive ketones (excluding diaryl/α,β-unsaturated/α-hetero) is 2. The van der Waals surface area contributed by atoms with Gasteiger partial charge >= 0.3 is 0 Å². The van der Waals surface area contributed by atoms with Crippen molar-refractivity contribution in [1.82, 2.24) is 0 Å². The normalized spacial score (nSPS) is 32.9. The number of hydrogen-bond acceptors (Lipinski definition) is 5. The van der Waals surface area contributed by atoms with Crippen LogP contribution in [0.2, 0.25) is 0 Å². The van der Waals surface area contributed by atoms with Crippen LogP contribution in [-0.4, -0.2) is 30.3 Å². The molecule has 0 saturated heterocycles. The number of hydrogen-bond donors (Lipinski definition) is 0. The average Bonchev–Trinajstić information content (AvgIpc) is 2.74. The Morgan fingerprint density at radius 2 is 1.88 bits per heavy atom. The lowest BCUT2D eigenvalue weighted by Gasteiger charge is -2.19. The Morgan fingerprint density at radius 3 is 2.31 bits per heavy atom. The molecule has 16 heavy (non-hydrogen) atoms. The third-order valence-electron chi connectivity index (χ3n) is 3.66. The van der Waals surface area contributed by atoms with Gasteiger partial charge in [-0.2, -0.15) is 0 Å². The van der Waals surface area contributed by atoms with Gasteiger partial charge in [0.2, 0.25) is 11.6 Å². The molecule has 0 aromatic heterocycles. The molecule has 2 fully saturated rings. The highest BCUT2D eigenvalue weighted by Crippen LogP contribution is 2.48. The molecule has 0 aromatic carbocycles. The molecular weight excluding hydrogens is 232 g/mol. The van der Waals surface area contributed by atoms with Crippen LogP contribution in [0.25, 0.3) is 0 Å². The van der Waals surface area contributed by atoms with Crippen LogP contribution in [-0.2, 0) is 19.7 Å². The van der Waals surface area contributed by atoms with Crippen molar-refractivity contribution < 1.29 is 22.6 Å². The third-order valence-corrected chi connectivity index (χ3v) is 4.27. The van der Waals surface area contributed by atoms with Crippen LogP contribution < -0.4 is 0 Å². The van der Waals surface area contributed by atoms with Gasteiger partial charge in [0, 0.05) is 5.92 Å². The summed E-state index contributed by atoms with van der Waals surface area (Å²) in [4.78, 5) is 23.0. The van der Waals surface area contributed by atoms with Gasteiger partial charge in [-0.3, -0.25) is 9.59 Å². The van der Waals surface area contributed by atoms with Crippen LogP contribution in [0.3, 0.4) is 0 Å². The highest BCUT2D eigenvalue weighted by Gasteiger charge is 2.44. The van der Waals surface area contributed by atoms with Crippen molar-refractivity contribution in [2.45, 2.75) is 25.7 Å². The van der Waals surface area contributed by atoms with Crippen molar-refractivity contribution in [2.24, 2.45) is 17.8 Å². The zero-order chi connectivity index (χ0) is 11.9. The van der Waals surface area contributed by atoms with Crippen LogP contribution in [0.1, 0.15) is 25.7 Å². The molecule has 6 heteroatoms. The van der Waals surface area contributed by atoms with Crippen LogP contribution in [0, 0.1) is 17.8 Å². The Balaban J connectivity index is 2.01. The van der Waals surface area contributed by atoms with E-state index in [1.165, 1.54) is 0 Å². The Labute approximate surface area is 94.0 Å². The van der Waals surface area contributed by atoms with E-state index in [2.05, 4.69) is 0 Å². The van der Waals surface area contributed by atoms with E-state index in [9.17, 15) is 22.6 Å². The first kappa shape index (κ1) is 11.7. The minimum atomic E-state index is -4.63. The highest BCUT2D eigenvalue weighted by atomic mass is 32.2. The van der Waals surface area contributed by atoms with Crippen LogP contribution in [0.4, 0.5) is 0 Å². The number of carbonyl (C=O) groups is 2. The molecule has 3 unspecified atom stereocenters. The van der Waals surface area contributed by atoms with E-state index in [-0.39, 0.29) is 11.8 Å². The van der Waals surface area contributed by atoms with Gasteiger partial charge in [0.15, 0.2) is 0 Å². The Kier molecular flexibility index (Phi) is 2.88. The maximum Gasteiger partial charge on any atom is 0.212 e. The Bertz CT molecular complexity index is 424. The van der Waals surface area contributed by atoms with E-state index in [0.29, 0.717) is 12.3 Å². The number of fused-ring (bicyclic) bond motifs is 2. The predicted molar refractivity (Wildman–Crippen MR) is 53.5 cm³/mol. The van der Waals surface area contributed by atoms with Crippen molar-refractivity contribution in [3.8, 4) is 0 Å². The van der Waals surface area contributed by atoms with Gasteiger partial charge < -0.3 is 4.55 Å². The van der Waals surface area contributed by atoms with Gasteiger partial charge in [-0.1, -0.05) is 6.42 Å². The summed E-state index contributed by atoms with van der Waals surface area (Å²) in [6.45, 7) is 0. The molecule has 2 aliphatic rings. The molecule has 2 bridgehead atoms. The van der Waals surface area contributed by atoms with Crippen molar-refractivity contribution in [3.05, 3.63) is 0 Å². The van der Waals surface area contributed by atoms with Crippen molar-refractivity contribution in [1.29, 1.82) is 0 Å². The van der Waals surface area contributed by atoms with Crippen LogP contribution in [0.5, 0.6) is 0 Å². The van der Waals surface area contributed by atoms with E-state index in [0.717, 1.165) is 19.3 Å². The first-order chi connectivity index (χ1) is 7.37. The summed E-state index contributed by atoms with van der Waals surface area (Å²) in [6, 6.07) is 0. The van der Waals surface area contributed by atoms with Gasteiger partial charge in [-0.25, -0.2) is 8.42 Å². The summed E-state index contributed by atoms with van der Waals surface area (Å²) in [5.41, 5.74) is 0. The third kappa shape index (κ3) is 2.32. The molecule has 2 aliphatic carbocycles. The molecule has 0 spiro atoms. The molecule has 90 valence electrons. The van der Waals surface area contributed by atoms with Gasteiger partial charge in [-0.05, 0) is 31.1 Å². The van der Waals surface area contributed by atoms with E-state index < -0.39 is 27.4 Å². The van der Waals surface area contributed by atoms with Crippen LogP contribution >= 0.6 is 0 Å². The Morgan fingerprint density at radius 1 is 1.19 bits per heavy atom. The van der Waals surface area contributed by atoms with Crippen molar-refractivity contribution in [2.75, 3.05) is 5.75 Å². The first-order valence-corrected chi connectivity index (χ1v) is 6.95. The SMILES string of the molecule is O=C(CS(=O)(=O)[O-])C(=O)C1CC2CCC1C2. The van der Waals surface area contributed by atoms with E-state index in [4.69, 9.17) is 0 Å². The molecule has 2 saturated carbocycles. The summed E-state index contributed by atoms with van der Waals surface area (Å²) in [5.74, 6) is -2.45. The summed E-state index contributed by atoms with van der Waals surface area (Å²) in [7, 11) is -4.63. The summed E-state index contributed by atoms with van der Waals surface area (Å²) < 4.78 is 31.2. The zero-order valence-corrected chi connectivity index (χ0v) is 9.53. The molecule has 0 N–H and O–H groups in total. The molecule has 0 aliphatic heterocycles. The zero-order valence-electron chi connectivity index (χ0n) is 8.72. The lowest BCUT2D eigenvalue weighted by molar-refractivity contribution is -0.138. The molecule has 2 rings (SSSR count). The van der Waals surface area contributed by atoms with E-state index in [1.54, 1.807) is 0 Å². The number of ketones is 2. The van der Waals surface area contributed by atoms with Gasteiger partial charge in [0.1, 0.15) is 15.9 Å². The maximum atomic E-state index is 11.7. The summed E-state index contributed by atoms with van der Waals surface area (Å²) in [5, 5.41) is 0. The molecule has 0 aromatic rings. The maximum absolute atomic E-state index is 11.7. The topological polar surface area (TPSA) is 91.3 Å². The second-order valence-corrected chi connectivity index (χ2v) is 6.17. The first-order valence-electron chi connectivity index (χ1n) is 5.37. The van der Waals surface area contributed by atoms with Gasteiger partial charge in [-0.15, -0.1) is 0 Å². The second kappa shape index (κ2) is 3.92. The van der Waals surface area contributed by atoms with Gasteiger partial charge in [0.05, 0.1) is 0 Å². The van der Waals surface area contributed by atoms with Gasteiger partial charge in [0.25, 0.3) is 0 Å². The minimum absolute atomic E-state index is 0.232. The average molecular weight is 245 g/mol. The summed E-state index contributed by atoms with van der Waals surface area (Å²) >= 11 is 0. The van der Waals surface area contributed by atoms with Crippen molar-refractivity contribution >= 4 is 21.7 Å². The number of carbonyl (C=O) groups excluding carboxylic acids is 2. The summed E-state index contributed by atoms with van der Waals surface area (Å²) in [6.07, 6.45) is 3.70. The molecule has 0 amide bonds. The quantitative estimate of drug-likeness (QED) is 0.517.